The van der Waals surface area contributed by atoms with Crippen LogP contribution in [-0.2, 0) is 14.3 Å². The molecule has 2 unspecified atom stereocenters. The Morgan fingerprint density at radius 1 is 1.43 bits per heavy atom. The molecular formula is C10H18O4. The van der Waals surface area contributed by atoms with E-state index in [4.69, 9.17) is 9.84 Å². The van der Waals surface area contributed by atoms with Crippen molar-refractivity contribution in [3.8, 4) is 0 Å². The average molecular weight is 202 g/mol. The Morgan fingerprint density at radius 3 is 2.36 bits per heavy atom. The molecule has 4 nitrogen and oxygen atoms in total. The number of aliphatic carboxylic acids is 1. The van der Waals surface area contributed by atoms with Crippen LogP contribution in [-0.4, -0.2) is 29.6 Å². The number of carboxylic acid groups (broad SMARTS) is 1. The Labute approximate surface area is 84.3 Å². The van der Waals surface area contributed by atoms with Crippen LogP contribution in [0.5, 0.6) is 0 Å². The lowest BCUT2D eigenvalue weighted by atomic mass is 10.00. The van der Waals surface area contributed by atoms with E-state index in [-0.39, 0.29) is 5.78 Å². The van der Waals surface area contributed by atoms with Crippen molar-refractivity contribution < 1.29 is 19.4 Å². The number of carbonyl (C=O) groups is 2. The number of unbranched alkanes of at least 4 members (excludes halogenated alkanes) is 1. The van der Waals surface area contributed by atoms with Crippen LogP contribution in [0.4, 0.5) is 0 Å². The maximum Gasteiger partial charge on any atom is 0.316 e. The number of hydrogen-bond acceptors (Lipinski definition) is 3. The summed E-state index contributed by atoms with van der Waals surface area (Å²) in [4.78, 5) is 21.7. The molecule has 0 spiro atoms. The fourth-order valence-electron chi connectivity index (χ4n) is 1.21. The van der Waals surface area contributed by atoms with Crippen LogP contribution < -0.4 is 0 Å². The van der Waals surface area contributed by atoms with E-state index in [1.807, 2.05) is 6.92 Å². The summed E-state index contributed by atoms with van der Waals surface area (Å²) >= 11 is 0. The molecule has 0 aromatic heterocycles. The lowest BCUT2D eigenvalue weighted by Crippen LogP contribution is -2.34. The van der Waals surface area contributed by atoms with Gasteiger partial charge in [0.1, 0.15) is 11.7 Å². The van der Waals surface area contributed by atoms with Crippen LogP contribution in [0.1, 0.15) is 33.6 Å². The molecule has 1 N–H and O–H groups in total. The first-order valence-corrected chi connectivity index (χ1v) is 4.85. The monoisotopic (exact) mass is 202 g/mol. The predicted octanol–water partition coefficient (Wildman–Crippen LogP) is 1.48. The fourth-order valence-corrected chi connectivity index (χ4v) is 1.21. The number of carbonyl (C=O) groups excluding carboxylic acids is 1. The minimum Gasteiger partial charge on any atom is -0.481 e. The van der Waals surface area contributed by atoms with Crippen LogP contribution in [0.15, 0.2) is 0 Å². The second kappa shape index (κ2) is 6.54. The van der Waals surface area contributed by atoms with Gasteiger partial charge in [-0.1, -0.05) is 13.3 Å². The summed E-state index contributed by atoms with van der Waals surface area (Å²) in [5, 5.41) is 8.77. The Kier molecular flexibility index (Phi) is 6.12. The molecule has 0 aliphatic heterocycles. The van der Waals surface area contributed by atoms with Gasteiger partial charge in [0.2, 0.25) is 0 Å². The predicted molar refractivity (Wildman–Crippen MR) is 52.1 cm³/mol. The molecule has 0 bridgehead atoms. The maximum atomic E-state index is 11.0. The first-order valence-electron chi connectivity index (χ1n) is 4.85. The molecule has 0 heterocycles. The van der Waals surface area contributed by atoms with Gasteiger partial charge in [-0.2, -0.15) is 0 Å². The van der Waals surface area contributed by atoms with Crippen molar-refractivity contribution in [2.24, 2.45) is 5.92 Å². The van der Waals surface area contributed by atoms with Crippen molar-refractivity contribution in [2.75, 3.05) is 6.61 Å². The van der Waals surface area contributed by atoms with Gasteiger partial charge in [-0.25, -0.2) is 0 Å². The lowest BCUT2D eigenvalue weighted by Gasteiger charge is -2.17. The Morgan fingerprint density at radius 2 is 2.00 bits per heavy atom. The number of ether oxygens (including phenoxy) is 1. The largest absolute Gasteiger partial charge is 0.481 e. The van der Waals surface area contributed by atoms with Crippen molar-refractivity contribution in [1.29, 1.82) is 0 Å². The number of carboxylic acids is 1. The molecule has 0 amide bonds. The third-order valence-electron chi connectivity index (χ3n) is 2.05. The van der Waals surface area contributed by atoms with E-state index < -0.39 is 18.0 Å². The van der Waals surface area contributed by atoms with Crippen molar-refractivity contribution in [1.82, 2.24) is 0 Å². The van der Waals surface area contributed by atoms with E-state index in [1.54, 1.807) is 6.92 Å². The number of hydrogen-bond donors (Lipinski definition) is 1. The van der Waals surface area contributed by atoms with Gasteiger partial charge in [0.15, 0.2) is 0 Å². The highest BCUT2D eigenvalue weighted by molar-refractivity contribution is 5.97. The van der Waals surface area contributed by atoms with Gasteiger partial charge in [0.25, 0.3) is 0 Å². The van der Waals surface area contributed by atoms with Crippen molar-refractivity contribution >= 4 is 11.8 Å². The summed E-state index contributed by atoms with van der Waals surface area (Å²) in [5.41, 5.74) is 0. The first-order chi connectivity index (χ1) is 6.50. The summed E-state index contributed by atoms with van der Waals surface area (Å²) in [6.45, 7) is 5.43. The van der Waals surface area contributed by atoms with Crippen LogP contribution in [0, 0.1) is 5.92 Å². The van der Waals surface area contributed by atoms with Crippen molar-refractivity contribution in [2.45, 2.75) is 39.7 Å². The van der Waals surface area contributed by atoms with Gasteiger partial charge in [-0.15, -0.1) is 0 Å². The highest BCUT2D eigenvalue weighted by Gasteiger charge is 2.29. The molecular weight excluding hydrogens is 184 g/mol. The summed E-state index contributed by atoms with van der Waals surface area (Å²) < 4.78 is 5.27. The highest BCUT2D eigenvalue weighted by Crippen LogP contribution is 2.10. The second-order valence-electron chi connectivity index (χ2n) is 3.36. The first kappa shape index (κ1) is 13.1. The Bertz CT molecular complexity index is 186. The molecule has 0 aromatic carbocycles. The quantitative estimate of drug-likeness (QED) is 0.501. The summed E-state index contributed by atoms with van der Waals surface area (Å²) in [6, 6.07) is 0. The molecule has 0 saturated carbocycles. The fraction of sp³-hybridized carbons (Fsp3) is 0.800. The van der Waals surface area contributed by atoms with Crippen LogP contribution in [0.2, 0.25) is 0 Å². The number of Topliss-reactive ketones (excluding diaryl/α,β-unsaturated/α-hetero) is 1. The highest BCUT2D eigenvalue weighted by atomic mass is 16.5. The van der Waals surface area contributed by atoms with Gasteiger partial charge in [-0.05, 0) is 20.3 Å². The average Bonchev–Trinajstić information content (AvgIpc) is 2.03. The van der Waals surface area contributed by atoms with E-state index in [2.05, 4.69) is 0 Å². The zero-order valence-corrected chi connectivity index (χ0v) is 8.95. The van der Waals surface area contributed by atoms with Gasteiger partial charge < -0.3 is 9.84 Å². The topological polar surface area (TPSA) is 63.6 Å². The Hall–Kier alpha value is -0.900. The molecule has 2 atom stereocenters. The molecule has 82 valence electrons. The lowest BCUT2D eigenvalue weighted by molar-refractivity contribution is -0.151. The number of ketones is 1. The SMILES string of the molecule is CCCCOC(C)C(C(C)=O)C(=O)O. The van der Waals surface area contributed by atoms with Gasteiger partial charge >= 0.3 is 5.97 Å². The van der Waals surface area contributed by atoms with E-state index in [9.17, 15) is 9.59 Å². The molecule has 0 aliphatic rings. The summed E-state index contributed by atoms with van der Waals surface area (Å²) in [6.07, 6.45) is 1.33. The third kappa shape index (κ3) is 4.37. The standard InChI is InChI=1S/C10H18O4/c1-4-5-6-14-8(3)9(7(2)11)10(12)13/h8-9H,4-6H2,1-3H3,(H,12,13). The van der Waals surface area contributed by atoms with Crippen LogP contribution >= 0.6 is 0 Å². The van der Waals surface area contributed by atoms with E-state index in [0.717, 1.165) is 12.8 Å². The minimum absolute atomic E-state index is 0.360. The van der Waals surface area contributed by atoms with Gasteiger partial charge in [-0.3, -0.25) is 9.59 Å². The molecule has 0 radical (unpaired) electrons. The second-order valence-corrected chi connectivity index (χ2v) is 3.36. The maximum absolute atomic E-state index is 11.0. The third-order valence-corrected chi connectivity index (χ3v) is 2.05. The van der Waals surface area contributed by atoms with Gasteiger partial charge in [0.05, 0.1) is 6.10 Å². The van der Waals surface area contributed by atoms with Gasteiger partial charge in [0, 0.05) is 6.61 Å². The zero-order chi connectivity index (χ0) is 11.1. The van der Waals surface area contributed by atoms with Crippen molar-refractivity contribution in [3.05, 3.63) is 0 Å². The molecule has 0 saturated heterocycles. The molecule has 0 rings (SSSR count). The zero-order valence-electron chi connectivity index (χ0n) is 8.95. The van der Waals surface area contributed by atoms with E-state index in [0.29, 0.717) is 6.61 Å². The summed E-state index contributed by atoms with van der Waals surface area (Å²) in [5.74, 6) is -2.50. The normalized spacial score (nSPS) is 14.8. The molecule has 4 heteroatoms. The number of rotatable bonds is 7. The van der Waals surface area contributed by atoms with E-state index in [1.165, 1.54) is 6.92 Å². The smallest absolute Gasteiger partial charge is 0.316 e. The van der Waals surface area contributed by atoms with Crippen LogP contribution in [0.3, 0.4) is 0 Å². The molecule has 0 aromatic rings. The van der Waals surface area contributed by atoms with Crippen molar-refractivity contribution in [3.63, 3.8) is 0 Å². The van der Waals surface area contributed by atoms with E-state index >= 15 is 0 Å². The molecule has 0 aliphatic carbocycles. The summed E-state index contributed by atoms with van der Waals surface area (Å²) in [7, 11) is 0. The van der Waals surface area contributed by atoms with Crippen LogP contribution in [0.25, 0.3) is 0 Å². The molecule has 14 heavy (non-hydrogen) atoms. The Balaban J connectivity index is 4.09. The molecule has 0 fully saturated rings. The minimum atomic E-state index is -1.11.